The molecule has 0 bridgehead atoms. The van der Waals surface area contributed by atoms with Gasteiger partial charge < -0.3 is 0 Å². The number of hydrogen-bond acceptors (Lipinski definition) is 3. The van der Waals surface area contributed by atoms with E-state index in [9.17, 15) is 4.79 Å². The van der Waals surface area contributed by atoms with Crippen molar-refractivity contribution < 1.29 is 4.79 Å². The van der Waals surface area contributed by atoms with E-state index in [-0.39, 0.29) is 5.92 Å². The smallest absolute Gasteiger partial charge is 0.135 e. The average molecular weight is 232 g/mol. The van der Waals surface area contributed by atoms with Gasteiger partial charge in [0.25, 0.3) is 0 Å². The van der Waals surface area contributed by atoms with Crippen molar-refractivity contribution in [1.29, 1.82) is 0 Å². The van der Waals surface area contributed by atoms with Gasteiger partial charge in [-0.1, -0.05) is 41.9 Å². The van der Waals surface area contributed by atoms with Crippen LogP contribution < -0.4 is 0 Å². The molecular weight excluding hydrogens is 212 g/mol. The van der Waals surface area contributed by atoms with Gasteiger partial charge in [-0.2, -0.15) is 0 Å². The summed E-state index contributed by atoms with van der Waals surface area (Å²) in [6, 6.07) is 0. The molecule has 0 aliphatic carbocycles. The van der Waals surface area contributed by atoms with Crippen molar-refractivity contribution in [3.63, 3.8) is 0 Å². The number of hydrogen-bond donors (Lipinski definition) is 0. The Morgan fingerprint density at radius 2 is 2.21 bits per heavy atom. The molecule has 1 heterocycles. The lowest BCUT2D eigenvalue weighted by Crippen LogP contribution is -2.06. The predicted octanol–water partition coefficient (Wildman–Crippen LogP) is 3.93. The molecule has 1 saturated heterocycles. The molecular formula is C11H20OS2. The molecule has 1 fully saturated rings. The van der Waals surface area contributed by atoms with Crippen molar-refractivity contribution in [3.05, 3.63) is 0 Å². The fourth-order valence-corrected chi connectivity index (χ4v) is 4.55. The molecule has 82 valence electrons. The summed E-state index contributed by atoms with van der Waals surface area (Å²) in [5.74, 6) is 1.98. The third-order valence-corrected chi connectivity index (χ3v) is 5.58. The van der Waals surface area contributed by atoms with Crippen LogP contribution in [0.15, 0.2) is 0 Å². The number of ketones is 1. The van der Waals surface area contributed by atoms with E-state index in [4.69, 9.17) is 0 Å². The average Bonchev–Trinajstić information content (AvgIpc) is 2.64. The molecule has 0 N–H and O–H groups in total. The molecule has 1 aliphatic heterocycles. The second-order valence-electron chi connectivity index (χ2n) is 4.20. The normalized spacial score (nSPS) is 21.8. The first kappa shape index (κ1) is 12.4. The highest BCUT2D eigenvalue weighted by molar-refractivity contribution is 8.77. The Kier molecular flexibility index (Phi) is 6.02. The van der Waals surface area contributed by atoms with Crippen LogP contribution in [-0.4, -0.2) is 16.8 Å². The van der Waals surface area contributed by atoms with Crippen LogP contribution in [0.3, 0.4) is 0 Å². The third kappa shape index (κ3) is 4.74. The van der Waals surface area contributed by atoms with E-state index in [1.54, 1.807) is 0 Å². The van der Waals surface area contributed by atoms with Crippen molar-refractivity contribution in [1.82, 2.24) is 0 Å². The van der Waals surface area contributed by atoms with Gasteiger partial charge in [-0.3, -0.25) is 4.79 Å². The van der Waals surface area contributed by atoms with Gasteiger partial charge in [0.15, 0.2) is 0 Å². The summed E-state index contributed by atoms with van der Waals surface area (Å²) in [4.78, 5) is 11.3. The van der Waals surface area contributed by atoms with Crippen LogP contribution >= 0.6 is 21.6 Å². The molecule has 1 aliphatic rings. The van der Waals surface area contributed by atoms with E-state index in [1.165, 1.54) is 25.0 Å². The van der Waals surface area contributed by atoms with E-state index in [0.717, 1.165) is 18.1 Å². The quantitative estimate of drug-likeness (QED) is 0.510. The summed E-state index contributed by atoms with van der Waals surface area (Å²) in [5.41, 5.74) is 0. The van der Waals surface area contributed by atoms with Gasteiger partial charge in [-0.05, 0) is 19.3 Å². The van der Waals surface area contributed by atoms with E-state index in [2.05, 4.69) is 0 Å². The van der Waals surface area contributed by atoms with E-state index >= 15 is 0 Å². The zero-order valence-electron chi connectivity index (χ0n) is 9.12. The number of unbranched alkanes of at least 4 members (excludes halogenated alkanes) is 1. The highest BCUT2D eigenvalue weighted by Crippen LogP contribution is 2.39. The Hall–Kier alpha value is 0.370. The second-order valence-corrected chi connectivity index (χ2v) is 6.98. The van der Waals surface area contributed by atoms with Crippen LogP contribution in [0.25, 0.3) is 0 Å². The maximum atomic E-state index is 11.3. The monoisotopic (exact) mass is 232 g/mol. The van der Waals surface area contributed by atoms with Crippen molar-refractivity contribution in [2.75, 3.05) is 5.75 Å². The Bertz CT molecular complexity index is 174. The fourth-order valence-electron chi connectivity index (χ4n) is 1.52. The fraction of sp³-hybridized carbons (Fsp3) is 0.909. The standard InChI is InChI=1S/C11H20OS2/c1-9(2)11(12)6-4-3-5-10-7-8-13-14-10/h9-10H,3-8H2,1-2H3/t10-/m0/s1. The maximum Gasteiger partial charge on any atom is 0.135 e. The number of carbonyl (C=O) groups excluding carboxylic acids is 1. The minimum atomic E-state index is 0.228. The van der Waals surface area contributed by atoms with Crippen molar-refractivity contribution in [2.45, 2.75) is 51.2 Å². The van der Waals surface area contributed by atoms with Crippen LogP contribution in [-0.2, 0) is 4.79 Å². The molecule has 0 amide bonds. The predicted molar refractivity (Wildman–Crippen MR) is 66.8 cm³/mol. The van der Waals surface area contributed by atoms with Crippen LogP contribution in [0.2, 0.25) is 0 Å². The first-order valence-electron chi connectivity index (χ1n) is 5.51. The summed E-state index contributed by atoms with van der Waals surface area (Å²) in [5, 5.41) is 0.870. The Morgan fingerprint density at radius 1 is 1.43 bits per heavy atom. The lowest BCUT2D eigenvalue weighted by Gasteiger charge is -2.07. The van der Waals surface area contributed by atoms with Gasteiger partial charge in [0.05, 0.1) is 0 Å². The van der Waals surface area contributed by atoms with Crippen molar-refractivity contribution in [2.24, 2.45) is 5.92 Å². The Morgan fingerprint density at radius 3 is 2.79 bits per heavy atom. The van der Waals surface area contributed by atoms with Crippen LogP contribution in [0.5, 0.6) is 0 Å². The summed E-state index contributed by atoms with van der Waals surface area (Å²) in [7, 11) is 4.04. The Balaban J connectivity index is 1.96. The summed E-state index contributed by atoms with van der Waals surface area (Å²) in [6.45, 7) is 3.98. The van der Waals surface area contributed by atoms with Gasteiger partial charge in [0.1, 0.15) is 5.78 Å². The van der Waals surface area contributed by atoms with Gasteiger partial charge in [0, 0.05) is 23.3 Å². The number of carbonyl (C=O) groups is 1. The largest absolute Gasteiger partial charge is 0.299 e. The summed E-state index contributed by atoms with van der Waals surface area (Å²) in [6.07, 6.45) is 5.80. The molecule has 3 heteroatoms. The molecule has 0 spiro atoms. The zero-order valence-corrected chi connectivity index (χ0v) is 10.8. The minimum Gasteiger partial charge on any atom is -0.299 e. The van der Waals surface area contributed by atoms with E-state index < -0.39 is 0 Å². The first-order chi connectivity index (χ1) is 6.70. The third-order valence-electron chi connectivity index (χ3n) is 2.57. The molecule has 14 heavy (non-hydrogen) atoms. The van der Waals surface area contributed by atoms with Gasteiger partial charge in [-0.25, -0.2) is 0 Å². The molecule has 0 saturated carbocycles. The number of rotatable bonds is 6. The lowest BCUT2D eigenvalue weighted by atomic mass is 10.0. The highest BCUT2D eigenvalue weighted by Gasteiger charge is 2.16. The van der Waals surface area contributed by atoms with E-state index in [0.29, 0.717) is 5.78 Å². The van der Waals surface area contributed by atoms with Gasteiger partial charge >= 0.3 is 0 Å². The molecule has 0 aromatic carbocycles. The molecule has 1 atom stereocenters. The molecule has 0 radical (unpaired) electrons. The summed E-state index contributed by atoms with van der Waals surface area (Å²) < 4.78 is 0. The SMILES string of the molecule is CC(C)C(=O)CCCC[C@H]1CCSS1. The van der Waals surface area contributed by atoms with Crippen LogP contribution in [0.1, 0.15) is 46.0 Å². The first-order valence-corrected chi connectivity index (χ1v) is 7.89. The minimum absolute atomic E-state index is 0.228. The van der Waals surface area contributed by atoms with Crippen molar-refractivity contribution in [3.8, 4) is 0 Å². The lowest BCUT2D eigenvalue weighted by molar-refractivity contribution is -0.122. The number of Topliss-reactive ketones (excluding diaryl/α,β-unsaturated/α-hetero) is 1. The zero-order chi connectivity index (χ0) is 10.4. The van der Waals surface area contributed by atoms with Crippen LogP contribution in [0.4, 0.5) is 0 Å². The van der Waals surface area contributed by atoms with Crippen molar-refractivity contribution >= 4 is 27.4 Å². The molecule has 1 rings (SSSR count). The molecule has 1 nitrogen and oxygen atoms in total. The van der Waals surface area contributed by atoms with Gasteiger partial charge in [-0.15, -0.1) is 0 Å². The molecule has 0 unspecified atom stereocenters. The Labute approximate surface area is 95.2 Å². The highest BCUT2D eigenvalue weighted by atomic mass is 33.1. The maximum absolute atomic E-state index is 11.3. The molecule has 0 aromatic heterocycles. The van der Waals surface area contributed by atoms with Crippen LogP contribution in [0, 0.1) is 5.92 Å². The summed E-state index contributed by atoms with van der Waals surface area (Å²) >= 11 is 0. The molecule has 0 aromatic rings. The second kappa shape index (κ2) is 6.78. The van der Waals surface area contributed by atoms with Gasteiger partial charge in [0.2, 0.25) is 0 Å². The van der Waals surface area contributed by atoms with E-state index in [1.807, 2.05) is 35.4 Å². The topological polar surface area (TPSA) is 17.1 Å².